The minimum atomic E-state index is -0.768. The molecule has 33 heavy (non-hydrogen) atoms. The summed E-state index contributed by atoms with van der Waals surface area (Å²) >= 11 is 8.17. The van der Waals surface area contributed by atoms with Gasteiger partial charge < -0.3 is 19.6 Å². The Kier molecular flexibility index (Phi) is 5.38. The Balaban J connectivity index is 1.68. The molecule has 0 bridgehead atoms. The van der Waals surface area contributed by atoms with Crippen LogP contribution in [0.25, 0.3) is 0 Å². The van der Waals surface area contributed by atoms with Crippen LogP contribution in [-0.4, -0.2) is 41.4 Å². The Morgan fingerprint density at radius 2 is 1.67 bits per heavy atom. The van der Waals surface area contributed by atoms with E-state index in [2.05, 4.69) is 4.98 Å². The number of benzene rings is 2. The summed E-state index contributed by atoms with van der Waals surface area (Å²) in [6, 6.07) is 9.69. The summed E-state index contributed by atoms with van der Waals surface area (Å²) < 4.78 is 10.6. The maximum atomic E-state index is 13.7. The molecule has 2 aliphatic heterocycles. The zero-order valence-corrected chi connectivity index (χ0v) is 19.7. The van der Waals surface area contributed by atoms with Crippen LogP contribution >= 0.6 is 34.7 Å². The summed E-state index contributed by atoms with van der Waals surface area (Å²) in [6.07, 6.45) is 0. The second-order valence-electron chi connectivity index (χ2n) is 7.51. The quantitative estimate of drug-likeness (QED) is 0.522. The number of carbonyl (C=O) groups excluding carboxylic acids is 2. The van der Waals surface area contributed by atoms with Gasteiger partial charge in [0.1, 0.15) is 5.25 Å². The van der Waals surface area contributed by atoms with E-state index < -0.39 is 17.1 Å². The molecule has 3 atom stereocenters. The van der Waals surface area contributed by atoms with E-state index in [0.717, 1.165) is 11.3 Å². The number of carbonyl (C=O) groups is 2. The molecule has 3 heterocycles. The number of aromatic amines is 1. The second-order valence-corrected chi connectivity index (χ2v) is 10.1. The van der Waals surface area contributed by atoms with Crippen molar-refractivity contribution < 1.29 is 24.2 Å². The molecule has 3 unspecified atom stereocenters. The summed E-state index contributed by atoms with van der Waals surface area (Å²) in [5, 5.41) is 10.7. The van der Waals surface area contributed by atoms with Crippen LogP contribution in [0.1, 0.15) is 16.4 Å². The molecule has 0 saturated carbocycles. The third-order valence-corrected chi connectivity index (χ3v) is 8.42. The summed E-state index contributed by atoms with van der Waals surface area (Å²) in [5.74, 6) is -1.97. The number of aromatic hydroxyl groups is 1. The van der Waals surface area contributed by atoms with Gasteiger partial charge >= 0.3 is 4.87 Å². The van der Waals surface area contributed by atoms with E-state index in [1.54, 1.807) is 36.4 Å². The van der Waals surface area contributed by atoms with Crippen molar-refractivity contribution in [1.29, 1.82) is 0 Å². The fourth-order valence-electron chi connectivity index (χ4n) is 4.31. The van der Waals surface area contributed by atoms with Crippen LogP contribution < -0.4 is 19.2 Å². The van der Waals surface area contributed by atoms with Gasteiger partial charge in [-0.2, -0.15) is 0 Å². The number of halogens is 1. The minimum absolute atomic E-state index is 0.162. The highest BCUT2D eigenvalue weighted by atomic mass is 35.5. The molecule has 8 nitrogen and oxygen atoms in total. The van der Waals surface area contributed by atoms with Crippen molar-refractivity contribution in [2.24, 2.45) is 5.92 Å². The van der Waals surface area contributed by atoms with Gasteiger partial charge in [0.05, 0.1) is 30.9 Å². The number of H-pyrrole nitrogens is 1. The number of nitrogens with one attached hydrogen (secondary N) is 1. The zero-order valence-electron chi connectivity index (χ0n) is 17.3. The van der Waals surface area contributed by atoms with Gasteiger partial charge in [-0.25, -0.2) is 4.90 Å². The number of phenols is 1. The first kappa shape index (κ1) is 21.9. The number of imide groups is 1. The Hall–Kier alpha value is -2.95. The van der Waals surface area contributed by atoms with Crippen molar-refractivity contribution in [2.75, 3.05) is 19.1 Å². The maximum Gasteiger partial charge on any atom is 0.305 e. The Bertz CT molecular complexity index is 1310. The van der Waals surface area contributed by atoms with E-state index in [9.17, 15) is 19.5 Å². The first-order chi connectivity index (χ1) is 15.8. The molecule has 3 aromatic rings. The van der Waals surface area contributed by atoms with Gasteiger partial charge in [0, 0.05) is 15.8 Å². The van der Waals surface area contributed by atoms with Crippen molar-refractivity contribution in [2.45, 2.75) is 16.2 Å². The molecule has 1 saturated heterocycles. The van der Waals surface area contributed by atoms with E-state index in [1.807, 2.05) is 0 Å². The lowest BCUT2D eigenvalue weighted by Gasteiger charge is -2.30. The average Bonchev–Trinajstić information content (AvgIpc) is 3.29. The lowest BCUT2D eigenvalue weighted by atomic mass is 9.83. The highest BCUT2D eigenvalue weighted by Gasteiger charge is 2.56. The van der Waals surface area contributed by atoms with Crippen LogP contribution in [-0.2, 0) is 9.59 Å². The molecule has 2 aromatic carbocycles. The first-order valence-corrected chi connectivity index (χ1v) is 11.9. The fraction of sp³-hybridized carbons (Fsp3) is 0.227. The molecular weight excluding hydrogens is 488 g/mol. The third kappa shape index (κ3) is 3.40. The van der Waals surface area contributed by atoms with Gasteiger partial charge in [-0.15, -0.1) is 0 Å². The number of nitrogens with zero attached hydrogens (tertiary/aromatic N) is 1. The number of thioether (sulfide) groups is 1. The molecule has 11 heteroatoms. The standard InChI is InChI=1S/C22H17ClN2O6S2/c1-30-12-7-9(8-13(31-2)16(12)26)14-15-18(32-19-17(14)33-22(29)24-19)21(28)25(20(15)27)11-5-3-10(23)4-6-11/h3-8,14-15,18,26H,1-2H3,(H,24,29). The number of thiazole rings is 1. The van der Waals surface area contributed by atoms with Gasteiger partial charge in [0.25, 0.3) is 0 Å². The minimum Gasteiger partial charge on any atom is -0.502 e. The highest BCUT2D eigenvalue weighted by molar-refractivity contribution is 8.00. The lowest BCUT2D eigenvalue weighted by Crippen LogP contribution is -2.32. The lowest BCUT2D eigenvalue weighted by molar-refractivity contribution is -0.122. The Morgan fingerprint density at radius 3 is 2.27 bits per heavy atom. The van der Waals surface area contributed by atoms with Crippen LogP contribution in [0.15, 0.2) is 46.2 Å². The molecule has 1 aromatic heterocycles. The summed E-state index contributed by atoms with van der Waals surface area (Å²) in [7, 11) is 2.81. The highest BCUT2D eigenvalue weighted by Crippen LogP contribution is 2.54. The zero-order chi connectivity index (χ0) is 23.4. The first-order valence-electron chi connectivity index (χ1n) is 9.82. The SMILES string of the molecule is COc1cc(C2c3sc(=O)[nH]c3SC3C(=O)N(c4ccc(Cl)cc4)C(=O)C32)cc(OC)c1O. The topological polar surface area (TPSA) is 109 Å². The molecule has 2 amide bonds. The van der Waals surface area contributed by atoms with Crippen molar-refractivity contribution in [1.82, 2.24) is 4.98 Å². The van der Waals surface area contributed by atoms with Gasteiger partial charge in [-0.3, -0.25) is 14.4 Å². The Labute approximate surface area is 201 Å². The summed E-state index contributed by atoms with van der Waals surface area (Å²) in [6.45, 7) is 0. The number of methoxy groups -OCH3 is 2. The van der Waals surface area contributed by atoms with E-state index in [-0.39, 0.29) is 33.9 Å². The fourth-order valence-corrected chi connectivity index (χ4v) is 6.96. The number of ether oxygens (including phenoxy) is 2. The second kappa shape index (κ2) is 8.12. The van der Waals surface area contributed by atoms with Gasteiger partial charge in [0.2, 0.25) is 17.6 Å². The Morgan fingerprint density at radius 1 is 1.03 bits per heavy atom. The molecule has 0 spiro atoms. The summed E-state index contributed by atoms with van der Waals surface area (Å²) in [4.78, 5) is 43.6. The van der Waals surface area contributed by atoms with Crippen LogP contribution in [0.3, 0.4) is 0 Å². The molecule has 0 aliphatic carbocycles. The van der Waals surface area contributed by atoms with Gasteiger partial charge in [-0.1, -0.05) is 34.7 Å². The number of anilines is 1. The molecule has 0 radical (unpaired) electrons. The molecule has 5 rings (SSSR count). The number of fused-ring (bicyclic) bond motifs is 2. The number of aromatic nitrogens is 1. The maximum absolute atomic E-state index is 13.7. The molecule has 2 N–H and O–H groups in total. The van der Waals surface area contributed by atoms with Crippen molar-refractivity contribution in [3.8, 4) is 17.2 Å². The average molecular weight is 505 g/mol. The van der Waals surface area contributed by atoms with Crippen LogP contribution in [0, 0.1) is 5.92 Å². The van der Waals surface area contributed by atoms with E-state index >= 15 is 0 Å². The predicted molar refractivity (Wildman–Crippen MR) is 125 cm³/mol. The summed E-state index contributed by atoms with van der Waals surface area (Å²) in [5.41, 5.74) is 1.02. The number of hydrogen-bond donors (Lipinski definition) is 2. The van der Waals surface area contributed by atoms with E-state index in [0.29, 0.717) is 26.2 Å². The van der Waals surface area contributed by atoms with Gasteiger partial charge in [0.15, 0.2) is 11.5 Å². The van der Waals surface area contributed by atoms with Gasteiger partial charge in [-0.05, 0) is 42.0 Å². The van der Waals surface area contributed by atoms with Crippen LogP contribution in [0.5, 0.6) is 17.2 Å². The molecule has 2 aliphatic rings. The predicted octanol–water partition coefficient (Wildman–Crippen LogP) is 3.61. The number of hydrogen-bond acceptors (Lipinski definition) is 8. The van der Waals surface area contributed by atoms with E-state index in [1.165, 1.54) is 30.9 Å². The smallest absolute Gasteiger partial charge is 0.305 e. The molecular formula is C22H17ClN2O6S2. The van der Waals surface area contributed by atoms with Crippen molar-refractivity contribution >= 4 is 52.2 Å². The number of phenolic OH excluding ortho intramolecular Hbond substituents is 1. The normalized spacial score (nSPS) is 21.7. The molecule has 1 fully saturated rings. The number of rotatable bonds is 4. The third-order valence-electron chi connectivity index (χ3n) is 5.77. The molecule has 170 valence electrons. The largest absolute Gasteiger partial charge is 0.502 e. The van der Waals surface area contributed by atoms with Crippen LogP contribution in [0.2, 0.25) is 5.02 Å². The number of amides is 2. The van der Waals surface area contributed by atoms with Crippen molar-refractivity contribution in [3.63, 3.8) is 0 Å². The van der Waals surface area contributed by atoms with Crippen molar-refractivity contribution in [3.05, 3.63) is 61.5 Å². The van der Waals surface area contributed by atoms with E-state index in [4.69, 9.17) is 21.1 Å². The monoisotopic (exact) mass is 504 g/mol. The van der Waals surface area contributed by atoms with Crippen LogP contribution in [0.4, 0.5) is 5.69 Å².